The molecule has 0 saturated heterocycles. The van der Waals surface area contributed by atoms with E-state index >= 15 is 0 Å². The van der Waals surface area contributed by atoms with Crippen LogP contribution in [0.4, 0.5) is 16.3 Å². The molecule has 0 radical (unpaired) electrons. The molecule has 110 valence electrons. The zero-order chi connectivity index (χ0) is 14.2. The number of hydrogen-bond donors (Lipinski definition) is 4. The van der Waals surface area contributed by atoms with E-state index in [0.29, 0.717) is 24.8 Å². The standard InChI is InChI=1S/C14H23N5O/c15-11-6-7-13(18-10-11)16-8-9-17-14(20)19-12-4-2-1-3-5-12/h6-7,10,12H,1-5,8-9,15H2,(H,16,18)(H2,17,19,20). The van der Waals surface area contributed by atoms with Gasteiger partial charge in [0.1, 0.15) is 5.82 Å². The van der Waals surface area contributed by atoms with E-state index in [0.717, 1.165) is 18.7 Å². The number of anilines is 2. The summed E-state index contributed by atoms with van der Waals surface area (Å²) in [6.07, 6.45) is 7.52. The lowest BCUT2D eigenvalue weighted by Gasteiger charge is -2.22. The van der Waals surface area contributed by atoms with Gasteiger partial charge in [0.2, 0.25) is 0 Å². The van der Waals surface area contributed by atoms with Crippen molar-refractivity contribution in [1.29, 1.82) is 0 Å². The van der Waals surface area contributed by atoms with Crippen molar-refractivity contribution in [2.24, 2.45) is 0 Å². The molecule has 1 aromatic heterocycles. The lowest BCUT2D eigenvalue weighted by Crippen LogP contribution is -2.44. The first kappa shape index (κ1) is 14.4. The lowest BCUT2D eigenvalue weighted by molar-refractivity contribution is 0.233. The summed E-state index contributed by atoms with van der Waals surface area (Å²) in [4.78, 5) is 15.8. The topological polar surface area (TPSA) is 92.1 Å². The number of hydrogen-bond acceptors (Lipinski definition) is 4. The molecular formula is C14H23N5O. The molecule has 0 atom stereocenters. The average molecular weight is 277 g/mol. The van der Waals surface area contributed by atoms with Crippen LogP contribution < -0.4 is 21.7 Å². The van der Waals surface area contributed by atoms with Gasteiger partial charge >= 0.3 is 6.03 Å². The van der Waals surface area contributed by atoms with Crippen LogP contribution in [0.1, 0.15) is 32.1 Å². The Labute approximate surface area is 119 Å². The van der Waals surface area contributed by atoms with Crippen molar-refractivity contribution in [2.45, 2.75) is 38.1 Å². The first-order chi connectivity index (χ1) is 9.74. The number of carbonyl (C=O) groups excluding carboxylic acids is 1. The van der Waals surface area contributed by atoms with Crippen LogP contribution in [-0.2, 0) is 0 Å². The third-order valence-electron chi connectivity index (χ3n) is 3.44. The summed E-state index contributed by atoms with van der Waals surface area (Å²) in [5.74, 6) is 0.758. The Balaban J connectivity index is 1.58. The maximum Gasteiger partial charge on any atom is 0.315 e. The van der Waals surface area contributed by atoms with E-state index < -0.39 is 0 Å². The van der Waals surface area contributed by atoms with Crippen LogP contribution in [0.3, 0.4) is 0 Å². The molecule has 1 fully saturated rings. The predicted octanol–water partition coefficient (Wildman–Crippen LogP) is 1.71. The van der Waals surface area contributed by atoms with Crippen molar-refractivity contribution in [3.63, 3.8) is 0 Å². The molecule has 2 amide bonds. The van der Waals surface area contributed by atoms with Crippen molar-refractivity contribution in [3.05, 3.63) is 18.3 Å². The van der Waals surface area contributed by atoms with Gasteiger partial charge in [-0.3, -0.25) is 0 Å². The molecule has 5 N–H and O–H groups in total. The van der Waals surface area contributed by atoms with Gasteiger partial charge < -0.3 is 21.7 Å². The minimum atomic E-state index is -0.0797. The molecule has 0 unspecified atom stereocenters. The first-order valence-electron chi connectivity index (χ1n) is 7.24. The third kappa shape index (κ3) is 4.95. The van der Waals surface area contributed by atoms with E-state index in [2.05, 4.69) is 20.9 Å². The molecule has 1 aliphatic rings. The Bertz CT molecular complexity index is 414. The van der Waals surface area contributed by atoms with Crippen molar-refractivity contribution in [2.75, 3.05) is 24.1 Å². The van der Waals surface area contributed by atoms with Crippen molar-refractivity contribution in [3.8, 4) is 0 Å². The van der Waals surface area contributed by atoms with Gasteiger partial charge in [-0.15, -0.1) is 0 Å². The highest BCUT2D eigenvalue weighted by Gasteiger charge is 2.14. The quantitative estimate of drug-likeness (QED) is 0.616. The number of pyridine rings is 1. The highest BCUT2D eigenvalue weighted by molar-refractivity contribution is 5.74. The number of nitrogen functional groups attached to an aromatic ring is 1. The van der Waals surface area contributed by atoms with Gasteiger partial charge in [-0.2, -0.15) is 0 Å². The SMILES string of the molecule is Nc1ccc(NCCNC(=O)NC2CCCCC2)nc1. The summed E-state index contributed by atoms with van der Waals surface area (Å²) in [5.41, 5.74) is 6.19. The smallest absolute Gasteiger partial charge is 0.315 e. The fraction of sp³-hybridized carbons (Fsp3) is 0.571. The van der Waals surface area contributed by atoms with Gasteiger partial charge in [-0.05, 0) is 25.0 Å². The van der Waals surface area contributed by atoms with Gasteiger partial charge in [-0.1, -0.05) is 19.3 Å². The zero-order valence-corrected chi connectivity index (χ0v) is 11.7. The highest BCUT2D eigenvalue weighted by Crippen LogP contribution is 2.17. The van der Waals surface area contributed by atoms with E-state index in [1.165, 1.54) is 19.3 Å². The highest BCUT2D eigenvalue weighted by atomic mass is 16.2. The van der Waals surface area contributed by atoms with Gasteiger partial charge in [-0.25, -0.2) is 9.78 Å². The van der Waals surface area contributed by atoms with Crippen molar-refractivity contribution < 1.29 is 4.79 Å². The predicted molar refractivity (Wildman–Crippen MR) is 80.5 cm³/mol. The molecule has 0 aliphatic heterocycles. The van der Waals surface area contributed by atoms with Crippen LogP contribution in [0.2, 0.25) is 0 Å². The summed E-state index contributed by atoms with van der Waals surface area (Å²) in [6, 6.07) is 3.87. The van der Waals surface area contributed by atoms with Crippen LogP contribution in [0.15, 0.2) is 18.3 Å². The number of nitrogens with one attached hydrogen (secondary N) is 3. The molecule has 1 saturated carbocycles. The fourth-order valence-corrected chi connectivity index (χ4v) is 2.36. The fourth-order valence-electron chi connectivity index (χ4n) is 2.36. The van der Waals surface area contributed by atoms with Gasteiger partial charge in [0.25, 0.3) is 0 Å². The minimum absolute atomic E-state index is 0.0797. The maximum atomic E-state index is 11.7. The Kier molecular flexibility index (Phi) is 5.46. The summed E-state index contributed by atoms with van der Waals surface area (Å²) in [6.45, 7) is 1.19. The second kappa shape index (κ2) is 7.57. The first-order valence-corrected chi connectivity index (χ1v) is 7.24. The molecule has 2 rings (SSSR count). The number of nitrogens with zero attached hydrogens (tertiary/aromatic N) is 1. The number of rotatable bonds is 5. The summed E-state index contributed by atoms with van der Waals surface area (Å²) < 4.78 is 0. The number of nitrogens with two attached hydrogens (primary N) is 1. The number of carbonyl (C=O) groups is 1. The molecule has 1 heterocycles. The Morgan fingerprint density at radius 2 is 2.05 bits per heavy atom. The minimum Gasteiger partial charge on any atom is -0.397 e. The molecular weight excluding hydrogens is 254 g/mol. The molecule has 6 heteroatoms. The molecule has 0 aromatic carbocycles. The van der Waals surface area contributed by atoms with E-state index in [1.807, 2.05) is 6.07 Å². The van der Waals surface area contributed by atoms with E-state index in [4.69, 9.17) is 5.73 Å². The molecule has 0 spiro atoms. The molecule has 20 heavy (non-hydrogen) atoms. The largest absolute Gasteiger partial charge is 0.397 e. The zero-order valence-electron chi connectivity index (χ0n) is 11.7. The normalized spacial score (nSPS) is 15.6. The third-order valence-corrected chi connectivity index (χ3v) is 3.44. The molecule has 1 aromatic rings. The van der Waals surface area contributed by atoms with E-state index in [9.17, 15) is 4.79 Å². The van der Waals surface area contributed by atoms with Crippen LogP contribution in [0.5, 0.6) is 0 Å². The number of aromatic nitrogens is 1. The van der Waals surface area contributed by atoms with Crippen LogP contribution >= 0.6 is 0 Å². The van der Waals surface area contributed by atoms with Gasteiger partial charge in [0, 0.05) is 19.1 Å². The van der Waals surface area contributed by atoms with Gasteiger partial charge in [0.05, 0.1) is 11.9 Å². The van der Waals surface area contributed by atoms with E-state index in [1.54, 1.807) is 12.3 Å². The van der Waals surface area contributed by atoms with Crippen molar-refractivity contribution in [1.82, 2.24) is 15.6 Å². The van der Waals surface area contributed by atoms with Crippen LogP contribution in [0, 0.1) is 0 Å². The Hall–Kier alpha value is -1.98. The second-order valence-electron chi connectivity index (χ2n) is 5.14. The number of amides is 2. The van der Waals surface area contributed by atoms with Crippen LogP contribution in [0.25, 0.3) is 0 Å². The average Bonchev–Trinajstić information content (AvgIpc) is 2.46. The summed E-state index contributed by atoms with van der Waals surface area (Å²) in [5, 5.41) is 8.98. The molecule has 1 aliphatic carbocycles. The number of urea groups is 1. The summed E-state index contributed by atoms with van der Waals surface area (Å²) >= 11 is 0. The second-order valence-corrected chi connectivity index (χ2v) is 5.14. The van der Waals surface area contributed by atoms with Crippen molar-refractivity contribution >= 4 is 17.5 Å². The van der Waals surface area contributed by atoms with Crippen LogP contribution in [-0.4, -0.2) is 30.1 Å². The molecule has 6 nitrogen and oxygen atoms in total. The monoisotopic (exact) mass is 277 g/mol. The summed E-state index contributed by atoms with van der Waals surface area (Å²) in [7, 11) is 0. The Morgan fingerprint density at radius 3 is 2.75 bits per heavy atom. The molecule has 0 bridgehead atoms. The van der Waals surface area contributed by atoms with E-state index in [-0.39, 0.29) is 6.03 Å². The Morgan fingerprint density at radius 1 is 1.25 bits per heavy atom. The lowest BCUT2D eigenvalue weighted by atomic mass is 9.96. The maximum absolute atomic E-state index is 11.7. The van der Waals surface area contributed by atoms with Gasteiger partial charge in [0.15, 0.2) is 0 Å².